The van der Waals surface area contributed by atoms with Crippen LogP contribution in [-0.4, -0.2) is 17.5 Å². The molecule has 0 saturated carbocycles. The molecule has 1 aliphatic heterocycles. The Morgan fingerprint density at radius 2 is 1.84 bits per heavy atom. The Labute approximate surface area is 200 Å². The van der Waals surface area contributed by atoms with Crippen LogP contribution in [0.15, 0.2) is 42.0 Å². The number of fused-ring (bicyclic) bond motifs is 1. The van der Waals surface area contributed by atoms with Gasteiger partial charge in [-0.1, -0.05) is 29.3 Å². The van der Waals surface area contributed by atoms with E-state index >= 15 is 0 Å². The van der Waals surface area contributed by atoms with E-state index in [2.05, 4.69) is 63.0 Å². The van der Waals surface area contributed by atoms with E-state index in [-0.39, 0.29) is 11.1 Å². The highest BCUT2D eigenvalue weighted by Gasteiger charge is 2.33. The molecule has 0 unspecified atom stereocenters. The molecule has 0 aliphatic carbocycles. The van der Waals surface area contributed by atoms with Gasteiger partial charge in [0.1, 0.15) is 11.6 Å². The average Bonchev–Trinajstić information content (AvgIpc) is 2.68. The number of hydrogen-bond acceptors (Lipinski definition) is 3. The summed E-state index contributed by atoms with van der Waals surface area (Å²) >= 11 is 12.0. The van der Waals surface area contributed by atoms with E-state index in [4.69, 9.17) is 23.2 Å². The van der Waals surface area contributed by atoms with Crippen molar-refractivity contribution in [1.82, 2.24) is 0 Å². The molecule has 1 N–H and O–H groups in total. The minimum Gasteiger partial charge on any atom is -0.360 e. The van der Waals surface area contributed by atoms with Gasteiger partial charge < -0.3 is 10.2 Å². The van der Waals surface area contributed by atoms with Crippen LogP contribution in [0.4, 0.5) is 11.4 Å². The minimum atomic E-state index is -0.500. The fraction of sp³-hybridized carbons (Fsp3) is 0.308. The molecule has 0 fully saturated rings. The summed E-state index contributed by atoms with van der Waals surface area (Å²) in [6.07, 6.45) is 3.90. The molecule has 166 valence electrons. The molecular weight excluding hydrogens is 441 g/mol. The topological polar surface area (TPSA) is 56.1 Å². The van der Waals surface area contributed by atoms with Crippen LogP contribution in [-0.2, 0) is 4.79 Å². The third-order valence-electron chi connectivity index (χ3n) is 5.62. The molecule has 0 saturated heterocycles. The van der Waals surface area contributed by atoms with Crippen molar-refractivity contribution in [3.63, 3.8) is 0 Å². The number of nitrogens with zero attached hydrogens (tertiary/aromatic N) is 2. The third-order valence-corrected chi connectivity index (χ3v) is 6.36. The van der Waals surface area contributed by atoms with Crippen LogP contribution in [0.3, 0.4) is 0 Å². The molecule has 0 atom stereocenters. The highest BCUT2D eigenvalue weighted by Crippen LogP contribution is 2.41. The molecule has 1 aliphatic rings. The summed E-state index contributed by atoms with van der Waals surface area (Å²) in [6, 6.07) is 11.3. The van der Waals surface area contributed by atoms with E-state index in [1.54, 1.807) is 24.3 Å². The molecule has 2 aromatic carbocycles. The molecule has 1 heterocycles. The number of rotatable bonds is 4. The third kappa shape index (κ3) is 4.70. The van der Waals surface area contributed by atoms with Crippen LogP contribution < -0.4 is 10.2 Å². The SMILES string of the molecule is CC1=CC(C)(C)N(C(C)C)c2cc(C)c(/C=C(/C#N)C(=O)Nc3ccc(Cl)c(Cl)c3)cc21. The molecule has 1 amide bonds. The van der Waals surface area contributed by atoms with Gasteiger partial charge in [-0.05, 0) is 94.7 Å². The monoisotopic (exact) mass is 467 g/mol. The maximum absolute atomic E-state index is 12.7. The van der Waals surface area contributed by atoms with E-state index in [1.807, 2.05) is 13.0 Å². The van der Waals surface area contributed by atoms with Crippen molar-refractivity contribution in [2.45, 2.75) is 53.1 Å². The van der Waals surface area contributed by atoms with Gasteiger partial charge in [-0.2, -0.15) is 5.26 Å². The molecular formula is C26H27Cl2N3O. The van der Waals surface area contributed by atoms with E-state index in [0.29, 0.717) is 21.8 Å². The number of allylic oxidation sites excluding steroid dienone is 1. The van der Waals surface area contributed by atoms with Crippen molar-refractivity contribution in [2.75, 3.05) is 10.2 Å². The zero-order chi connectivity index (χ0) is 23.8. The zero-order valence-corrected chi connectivity index (χ0v) is 20.7. The lowest BCUT2D eigenvalue weighted by Gasteiger charge is -2.46. The first-order valence-corrected chi connectivity index (χ1v) is 11.2. The molecule has 2 aromatic rings. The number of halogens is 2. The number of nitriles is 1. The van der Waals surface area contributed by atoms with Crippen LogP contribution in [0.5, 0.6) is 0 Å². The average molecular weight is 468 g/mol. The predicted octanol–water partition coefficient (Wildman–Crippen LogP) is 7.26. The first kappa shape index (κ1) is 23.9. The van der Waals surface area contributed by atoms with Gasteiger partial charge in [-0.3, -0.25) is 4.79 Å². The fourth-order valence-electron chi connectivity index (χ4n) is 4.39. The number of carbonyl (C=O) groups is 1. The van der Waals surface area contributed by atoms with E-state index in [9.17, 15) is 10.1 Å². The van der Waals surface area contributed by atoms with Crippen molar-refractivity contribution in [3.05, 3.63) is 68.7 Å². The maximum Gasteiger partial charge on any atom is 0.266 e. The Kier molecular flexibility index (Phi) is 6.74. The Morgan fingerprint density at radius 3 is 2.44 bits per heavy atom. The van der Waals surface area contributed by atoms with Gasteiger partial charge in [0.25, 0.3) is 5.91 Å². The second-order valence-electron chi connectivity index (χ2n) is 8.92. The van der Waals surface area contributed by atoms with Gasteiger partial charge in [0.05, 0.1) is 15.6 Å². The molecule has 0 aromatic heterocycles. The highest BCUT2D eigenvalue weighted by molar-refractivity contribution is 6.42. The second-order valence-corrected chi connectivity index (χ2v) is 9.74. The number of anilines is 2. The molecule has 6 heteroatoms. The standard InChI is InChI=1S/C26H27Cl2N3O/c1-15(2)31-24-9-16(3)18(11-21(24)17(4)13-26(31,5)6)10-19(14-29)25(32)30-20-7-8-22(27)23(28)12-20/h7-13,15H,1-6H3,(H,30,32)/b19-10-. The van der Waals surface area contributed by atoms with E-state index in [0.717, 1.165) is 16.7 Å². The number of benzene rings is 2. The summed E-state index contributed by atoms with van der Waals surface area (Å²) in [6.45, 7) is 12.9. The van der Waals surface area contributed by atoms with Crippen molar-refractivity contribution >= 4 is 52.1 Å². The van der Waals surface area contributed by atoms with Gasteiger partial charge in [-0.15, -0.1) is 0 Å². The lowest BCUT2D eigenvalue weighted by molar-refractivity contribution is -0.112. The fourth-order valence-corrected chi connectivity index (χ4v) is 4.69. The largest absolute Gasteiger partial charge is 0.360 e. The molecule has 0 bridgehead atoms. The van der Waals surface area contributed by atoms with Crippen LogP contribution in [0.2, 0.25) is 10.0 Å². The van der Waals surface area contributed by atoms with Gasteiger partial charge in [0.15, 0.2) is 0 Å². The Morgan fingerprint density at radius 1 is 1.16 bits per heavy atom. The number of nitrogens with one attached hydrogen (secondary N) is 1. The summed E-state index contributed by atoms with van der Waals surface area (Å²) in [5.41, 5.74) is 5.66. The maximum atomic E-state index is 12.7. The van der Waals surface area contributed by atoms with Gasteiger partial charge in [0.2, 0.25) is 0 Å². The van der Waals surface area contributed by atoms with Crippen LogP contribution in [0.25, 0.3) is 11.6 Å². The van der Waals surface area contributed by atoms with Crippen LogP contribution in [0.1, 0.15) is 51.3 Å². The summed E-state index contributed by atoms with van der Waals surface area (Å²) < 4.78 is 0. The van der Waals surface area contributed by atoms with Gasteiger partial charge in [0, 0.05) is 23.0 Å². The lowest BCUT2D eigenvalue weighted by Crippen LogP contribution is -2.49. The summed E-state index contributed by atoms with van der Waals surface area (Å²) in [5.74, 6) is -0.500. The van der Waals surface area contributed by atoms with Crippen LogP contribution in [0, 0.1) is 18.3 Å². The van der Waals surface area contributed by atoms with Crippen molar-refractivity contribution in [2.24, 2.45) is 0 Å². The summed E-state index contributed by atoms with van der Waals surface area (Å²) in [7, 11) is 0. The zero-order valence-electron chi connectivity index (χ0n) is 19.2. The van der Waals surface area contributed by atoms with Gasteiger partial charge in [-0.25, -0.2) is 0 Å². The number of aryl methyl sites for hydroxylation is 1. The highest BCUT2D eigenvalue weighted by atomic mass is 35.5. The summed E-state index contributed by atoms with van der Waals surface area (Å²) in [4.78, 5) is 15.1. The quantitative estimate of drug-likeness (QED) is 0.380. The smallest absolute Gasteiger partial charge is 0.266 e. The van der Waals surface area contributed by atoms with E-state index < -0.39 is 5.91 Å². The predicted molar refractivity (Wildman–Crippen MR) is 135 cm³/mol. The molecule has 3 rings (SSSR count). The second kappa shape index (κ2) is 9.02. The Hall–Kier alpha value is -2.74. The molecule has 0 spiro atoms. The normalized spacial score (nSPS) is 15.2. The first-order chi connectivity index (χ1) is 14.9. The summed E-state index contributed by atoms with van der Waals surface area (Å²) in [5, 5.41) is 13.1. The lowest BCUT2D eigenvalue weighted by atomic mass is 9.85. The minimum absolute atomic E-state index is 0.0117. The van der Waals surface area contributed by atoms with Crippen molar-refractivity contribution in [3.8, 4) is 6.07 Å². The number of amides is 1. The van der Waals surface area contributed by atoms with Crippen molar-refractivity contribution < 1.29 is 4.79 Å². The first-order valence-electron chi connectivity index (χ1n) is 10.5. The van der Waals surface area contributed by atoms with Crippen molar-refractivity contribution in [1.29, 1.82) is 5.26 Å². The molecule has 32 heavy (non-hydrogen) atoms. The van der Waals surface area contributed by atoms with Gasteiger partial charge >= 0.3 is 0 Å². The number of carbonyl (C=O) groups excluding carboxylic acids is 1. The molecule has 4 nitrogen and oxygen atoms in total. The number of hydrogen-bond donors (Lipinski definition) is 1. The molecule has 0 radical (unpaired) electrons. The Balaban J connectivity index is 2.00. The van der Waals surface area contributed by atoms with E-state index in [1.165, 1.54) is 11.3 Å². The Bertz CT molecular complexity index is 1190. The van der Waals surface area contributed by atoms with Crippen LogP contribution >= 0.6 is 23.2 Å².